The van der Waals surface area contributed by atoms with Crippen LogP contribution in [-0.2, 0) is 9.59 Å². The van der Waals surface area contributed by atoms with Gasteiger partial charge in [0.05, 0.1) is 0 Å². The molecule has 0 saturated heterocycles. The van der Waals surface area contributed by atoms with Gasteiger partial charge in [-0.3, -0.25) is 9.59 Å². The van der Waals surface area contributed by atoms with Gasteiger partial charge in [0.1, 0.15) is 5.41 Å². The van der Waals surface area contributed by atoms with Crippen molar-refractivity contribution in [1.82, 2.24) is 5.32 Å². The molecular weight excluding hydrogens is 194 g/mol. The van der Waals surface area contributed by atoms with Crippen molar-refractivity contribution in [3.05, 3.63) is 0 Å². The molecule has 0 atom stereocenters. The van der Waals surface area contributed by atoms with E-state index in [0.29, 0.717) is 19.4 Å². The van der Waals surface area contributed by atoms with E-state index in [1.807, 2.05) is 0 Å². The van der Waals surface area contributed by atoms with Crippen molar-refractivity contribution in [2.24, 2.45) is 10.8 Å². The predicted octanol–water partition coefficient (Wildman–Crippen LogP) is 1.16. The van der Waals surface area contributed by atoms with E-state index in [0.717, 1.165) is 19.3 Å². The molecule has 0 spiro atoms. The van der Waals surface area contributed by atoms with Gasteiger partial charge in [-0.1, -0.05) is 13.3 Å². The number of amides is 1. The first-order valence-corrected chi connectivity index (χ1v) is 5.50. The molecule has 0 unspecified atom stereocenters. The number of aliphatic carboxylic acids is 1. The number of rotatable bonds is 4. The highest BCUT2D eigenvalue weighted by atomic mass is 16.4. The Bertz CT molecular complexity index is 303. The van der Waals surface area contributed by atoms with Gasteiger partial charge in [-0.2, -0.15) is 0 Å². The van der Waals surface area contributed by atoms with Crippen LogP contribution in [0, 0.1) is 10.8 Å². The maximum Gasteiger partial charge on any atom is 0.319 e. The second kappa shape index (κ2) is 3.22. The van der Waals surface area contributed by atoms with Crippen molar-refractivity contribution in [3.8, 4) is 0 Å². The number of hydrogen-bond acceptors (Lipinski definition) is 2. The molecular formula is C11H17NO3. The molecule has 0 aromatic heterocycles. The molecule has 4 nitrogen and oxygen atoms in total. The van der Waals surface area contributed by atoms with Crippen molar-refractivity contribution in [2.45, 2.75) is 39.0 Å². The van der Waals surface area contributed by atoms with Crippen LogP contribution in [0.15, 0.2) is 0 Å². The Morgan fingerprint density at radius 3 is 2.20 bits per heavy atom. The smallest absolute Gasteiger partial charge is 0.319 e. The molecule has 4 heteroatoms. The zero-order chi connectivity index (χ0) is 11.1. The minimum absolute atomic E-state index is 0.235. The first-order valence-electron chi connectivity index (χ1n) is 5.50. The molecule has 2 aliphatic carbocycles. The number of carbonyl (C=O) groups is 2. The molecule has 2 N–H and O–H groups in total. The van der Waals surface area contributed by atoms with Crippen LogP contribution in [0.5, 0.6) is 0 Å². The SMILES string of the molecule is CC1(CNC(=O)C2(C(=O)O)CCC2)CC1. The topological polar surface area (TPSA) is 66.4 Å². The molecule has 15 heavy (non-hydrogen) atoms. The molecule has 0 aromatic rings. The molecule has 0 aromatic carbocycles. The summed E-state index contributed by atoms with van der Waals surface area (Å²) in [5, 5.41) is 11.8. The molecule has 0 aliphatic heterocycles. The normalized spacial score (nSPS) is 25.1. The van der Waals surface area contributed by atoms with E-state index in [-0.39, 0.29) is 11.3 Å². The van der Waals surface area contributed by atoms with Gasteiger partial charge in [0.25, 0.3) is 0 Å². The number of carboxylic acid groups (broad SMARTS) is 1. The molecule has 0 bridgehead atoms. The van der Waals surface area contributed by atoms with Crippen molar-refractivity contribution < 1.29 is 14.7 Å². The lowest BCUT2D eigenvalue weighted by molar-refractivity contribution is -0.162. The Labute approximate surface area is 89.0 Å². The van der Waals surface area contributed by atoms with Crippen molar-refractivity contribution in [2.75, 3.05) is 6.54 Å². The summed E-state index contributed by atoms with van der Waals surface area (Å²) in [6.07, 6.45) is 4.09. The first-order chi connectivity index (χ1) is 6.99. The number of hydrogen-bond donors (Lipinski definition) is 2. The average Bonchev–Trinajstić information content (AvgIpc) is 2.78. The third-order valence-electron chi connectivity index (χ3n) is 3.83. The van der Waals surface area contributed by atoms with E-state index in [2.05, 4.69) is 12.2 Å². The van der Waals surface area contributed by atoms with Gasteiger partial charge < -0.3 is 10.4 Å². The summed E-state index contributed by atoms with van der Waals surface area (Å²) in [5.41, 5.74) is -0.871. The zero-order valence-corrected chi connectivity index (χ0v) is 9.01. The van der Waals surface area contributed by atoms with E-state index < -0.39 is 11.4 Å². The molecule has 1 amide bonds. The van der Waals surface area contributed by atoms with Gasteiger partial charge in [-0.25, -0.2) is 0 Å². The minimum atomic E-state index is -1.11. The maximum absolute atomic E-state index is 11.8. The summed E-state index contributed by atoms with van der Waals surface area (Å²) >= 11 is 0. The number of carboxylic acids is 1. The zero-order valence-electron chi connectivity index (χ0n) is 9.01. The fourth-order valence-corrected chi connectivity index (χ4v) is 1.92. The van der Waals surface area contributed by atoms with Crippen molar-refractivity contribution in [3.63, 3.8) is 0 Å². The number of nitrogens with one attached hydrogen (secondary N) is 1. The first kappa shape index (κ1) is 10.5. The Morgan fingerprint density at radius 2 is 1.87 bits per heavy atom. The number of carbonyl (C=O) groups excluding carboxylic acids is 1. The van der Waals surface area contributed by atoms with Crippen LogP contribution in [0.25, 0.3) is 0 Å². The Morgan fingerprint density at radius 1 is 1.27 bits per heavy atom. The molecule has 0 heterocycles. The van der Waals surface area contributed by atoms with Crippen LogP contribution >= 0.6 is 0 Å². The van der Waals surface area contributed by atoms with E-state index >= 15 is 0 Å². The second-order valence-electron chi connectivity index (χ2n) is 5.23. The van der Waals surface area contributed by atoms with Crippen LogP contribution in [-0.4, -0.2) is 23.5 Å². The Kier molecular flexibility index (Phi) is 2.24. The third kappa shape index (κ3) is 1.73. The van der Waals surface area contributed by atoms with Gasteiger partial charge in [0, 0.05) is 6.54 Å². The van der Waals surface area contributed by atoms with E-state index in [9.17, 15) is 9.59 Å². The third-order valence-corrected chi connectivity index (χ3v) is 3.83. The summed E-state index contributed by atoms with van der Waals surface area (Å²) in [6, 6.07) is 0. The Balaban J connectivity index is 1.91. The van der Waals surface area contributed by atoms with Gasteiger partial charge in [0.15, 0.2) is 0 Å². The van der Waals surface area contributed by atoms with E-state index in [4.69, 9.17) is 5.11 Å². The van der Waals surface area contributed by atoms with Crippen LogP contribution in [0.4, 0.5) is 0 Å². The van der Waals surface area contributed by atoms with Gasteiger partial charge in [-0.05, 0) is 31.1 Å². The monoisotopic (exact) mass is 211 g/mol. The highest BCUT2D eigenvalue weighted by Gasteiger charge is 2.51. The van der Waals surface area contributed by atoms with Crippen molar-refractivity contribution >= 4 is 11.9 Å². The van der Waals surface area contributed by atoms with E-state index in [1.54, 1.807) is 0 Å². The minimum Gasteiger partial charge on any atom is -0.480 e. The lowest BCUT2D eigenvalue weighted by atomic mass is 9.68. The second-order valence-corrected chi connectivity index (χ2v) is 5.23. The summed E-state index contributed by atoms with van der Waals surface area (Å²) < 4.78 is 0. The maximum atomic E-state index is 11.8. The molecule has 2 saturated carbocycles. The van der Waals surface area contributed by atoms with Gasteiger partial charge >= 0.3 is 5.97 Å². The molecule has 2 fully saturated rings. The summed E-state index contributed by atoms with van der Waals surface area (Å²) in [7, 11) is 0. The lowest BCUT2D eigenvalue weighted by Crippen LogP contribution is -2.51. The summed E-state index contributed by atoms with van der Waals surface area (Å²) in [6.45, 7) is 2.74. The van der Waals surface area contributed by atoms with Crippen LogP contribution in [0.3, 0.4) is 0 Å². The standard InChI is InChI=1S/C11H17NO3/c1-10(5-6-10)7-12-8(13)11(9(14)15)3-2-4-11/h2-7H2,1H3,(H,12,13)(H,14,15). The Hall–Kier alpha value is -1.06. The van der Waals surface area contributed by atoms with Crippen LogP contribution in [0.1, 0.15) is 39.0 Å². The average molecular weight is 211 g/mol. The van der Waals surface area contributed by atoms with Crippen molar-refractivity contribution in [1.29, 1.82) is 0 Å². The fraction of sp³-hybridized carbons (Fsp3) is 0.818. The van der Waals surface area contributed by atoms with Crippen LogP contribution in [0.2, 0.25) is 0 Å². The summed E-state index contributed by atoms with van der Waals surface area (Å²) in [4.78, 5) is 22.8. The van der Waals surface area contributed by atoms with E-state index in [1.165, 1.54) is 0 Å². The predicted molar refractivity (Wildman–Crippen MR) is 54.3 cm³/mol. The van der Waals surface area contributed by atoms with Gasteiger partial charge in [-0.15, -0.1) is 0 Å². The van der Waals surface area contributed by atoms with Gasteiger partial charge in [0.2, 0.25) is 5.91 Å². The quantitative estimate of drug-likeness (QED) is 0.686. The molecule has 84 valence electrons. The lowest BCUT2D eigenvalue weighted by Gasteiger charge is -2.36. The molecule has 0 radical (unpaired) electrons. The molecule has 2 aliphatic rings. The molecule has 2 rings (SSSR count). The van der Waals surface area contributed by atoms with Crippen LogP contribution < -0.4 is 5.32 Å². The fourth-order valence-electron chi connectivity index (χ4n) is 1.92. The highest BCUT2D eigenvalue weighted by Crippen LogP contribution is 2.45. The largest absolute Gasteiger partial charge is 0.480 e. The summed E-state index contributed by atoms with van der Waals surface area (Å²) in [5.74, 6) is -1.25. The highest BCUT2D eigenvalue weighted by molar-refractivity contribution is 6.02.